The van der Waals surface area contributed by atoms with Crippen LogP contribution < -0.4 is 15.2 Å². The molecule has 1 heterocycles. The first-order valence-electron chi connectivity index (χ1n) is 5.63. The Hall–Kier alpha value is -1.46. The molecule has 1 aromatic carbocycles. The minimum Gasteiger partial charge on any atom is -0.481 e. The van der Waals surface area contributed by atoms with Gasteiger partial charge in [0, 0.05) is 12.1 Å². The Morgan fingerprint density at radius 1 is 1.56 bits per heavy atom. The lowest BCUT2D eigenvalue weighted by Crippen LogP contribution is -2.22. The number of rotatable bonds is 4. The highest BCUT2D eigenvalue weighted by atomic mass is 35.5. The lowest BCUT2D eigenvalue weighted by molar-refractivity contribution is -0.138. The van der Waals surface area contributed by atoms with Gasteiger partial charge in [-0.05, 0) is 18.1 Å². The number of carboxylic acids is 1. The topological polar surface area (TPSA) is 81.8 Å². The average molecular weight is 272 g/mol. The zero-order chi connectivity index (χ0) is 13.3. The van der Waals surface area contributed by atoms with E-state index in [2.05, 4.69) is 0 Å². The first-order valence-corrected chi connectivity index (χ1v) is 6.01. The van der Waals surface area contributed by atoms with Crippen molar-refractivity contribution in [2.45, 2.75) is 19.3 Å². The van der Waals surface area contributed by atoms with Crippen LogP contribution in [-0.2, 0) is 11.2 Å². The zero-order valence-electron chi connectivity index (χ0n) is 9.90. The summed E-state index contributed by atoms with van der Waals surface area (Å²) in [7, 11) is 0. The molecule has 1 aromatic rings. The first-order chi connectivity index (χ1) is 8.60. The SMILES string of the molecule is CCc1c(C(CN)C(=O)O)cc(Cl)c2c1OCO2. The fraction of sp³-hybridized carbons (Fsp3) is 0.417. The van der Waals surface area contributed by atoms with Crippen LogP contribution in [0.5, 0.6) is 11.5 Å². The number of nitrogens with two attached hydrogens (primary N) is 1. The van der Waals surface area contributed by atoms with Crippen LogP contribution in [0.25, 0.3) is 0 Å². The van der Waals surface area contributed by atoms with E-state index in [1.165, 1.54) is 0 Å². The van der Waals surface area contributed by atoms with Crippen molar-refractivity contribution in [1.82, 2.24) is 0 Å². The third-order valence-corrected chi connectivity index (χ3v) is 3.28. The summed E-state index contributed by atoms with van der Waals surface area (Å²) < 4.78 is 10.6. The van der Waals surface area contributed by atoms with Gasteiger partial charge < -0.3 is 20.3 Å². The van der Waals surface area contributed by atoms with Crippen LogP contribution in [0.3, 0.4) is 0 Å². The molecule has 0 aromatic heterocycles. The van der Waals surface area contributed by atoms with Crippen LogP contribution in [0.1, 0.15) is 24.0 Å². The molecule has 1 aliphatic heterocycles. The lowest BCUT2D eigenvalue weighted by atomic mass is 9.92. The van der Waals surface area contributed by atoms with E-state index in [0.717, 1.165) is 5.56 Å². The van der Waals surface area contributed by atoms with Crippen molar-refractivity contribution in [3.05, 3.63) is 22.2 Å². The molecule has 1 unspecified atom stereocenters. The molecule has 2 rings (SSSR count). The summed E-state index contributed by atoms with van der Waals surface area (Å²) in [6.07, 6.45) is 0.627. The monoisotopic (exact) mass is 271 g/mol. The van der Waals surface area contributed by atoms with Crippen LogP contribution in [0.2, 0.25) is 5.02 Å². The normalized spacial score (nSPS) is 14.6. The van der Waals surface area contributed by atoms with E-state index in [1.54, 1.807) is 6.07 Å². The quantitative estimate of drug-likeness (QED) is 0.872. The molecule has 0 bridgehead atoms. The second-order valence-electron chi connectivity index (χ2n) is 3.97. The van der Waals surface area contributed by atoms with Gasteiger partial charge in [-0.2, -0.15) is 0 Å². The molecular formula is C12H14ClNO4. The van der Waals surface area contributed by atoms with Gasteiger partial charge in [-0.3, -0.25) is 4.79 Å². The molecule has 0 saturated carbocycles. The third kappa shape index (κ3) is 2.00. The maximum absolute atomic E-state index is 11.2. The number of fused-ring (bicyclic) bond motifs is 1. The van der Waals surface area contributed by atoms with Crippen molar-refractivity contribution in [1.29, 1.82) is 0 Å². The second-order valence-corrected chi connectivity index (χ2v) is 4.38. The van der Waals surface area contributed by atoms with Gasteiger partial charge >= 0.3 is 5.97 Å². The standard InChI is InChI=1S/C12H14ClNO4/c1-2-6-7(8(4-14)12(15)16)3-9(13)11-10(6)17-5-18-11/h3,8H,2,4-5,14H2,1H3,(H,15,16). The van der Waals surface area contributed by atoms with Gasteiger partial charge in [-0.1, -0.05) is 18.5 Å². The van der Waals surface area contributed by atoms with Gasteiger partial charge in [0.15, 0.2) is 11.5 Å². The number of carboxylic acid groups (broad SMARTS) is 1. The number of ether oxygens (including phenoxy) is 2. The minimum absolute atomic E-state index is 0.0122. The molecule has 3 N–H and O–H groups in total. The van der Waals surface area contributed by atoms with Gasteiger partial charge in [0.1, 0.15) is 0 Å². The molecule has 0 spiro atoms. The summed E-state index contributed by atoms with van der Waals surface area (Å²) in [5.74, 6) is -0.729. The largest absolute Gasteiger partial charge is 0.481 e. The van der Waals surface area contributed by atoms with Crippen LogP contribution >= 0.6 is 11.6 Å². The highest BCUT2D eigenvalue weighted by molar-refractivity contribution is 6.32. The molecule has 1 aliphatic rings. The summed E-state index contributed by atoms with van der Waals surface area (Å²) in [5, 5.41) is 9.55. The highest BCUT2D eigenvalue weighted by Crippen LogP contribution is 2.45. The Bertz CT molecular complexity index is 489. The van der Waals surface area contributed by atoms with Crippen LogP contribution in [0.15, 0.2) is 6.07 Å². The molecule has 0 aliphatic carbocycles. The van der Waals surface area contributed by atoms with Crippen molar-refractivity contribution in [3.63, 3.8) is 0 Å². The van der Waals surface area contributed by atoms with E-state index < -0.39 is 11.9 Å². The van der Waals surface area contributed by atoms with Crippen molar-refractivity contribution in [2.24, 2.45) is 5.73 Å². The lowest BCUT2D eigenvalue weighted by Gasteiger charge is -2.17. The Kier molecular flexibility index (Phi) is 3.63. The molecule has 0 fully saturated rings. The molecule has 6 heteroatoms. The Balaban J connectivity index is 2.60. The van der Waals surface area contributed by atoms with E-state index in [0.29, 0.717) is 28.5 Å². The van der Waals surface area contributed by atoms with E-state index in [1.807, 2.05) is 6.92 Å². The average Bonchev–Trinajstić information content (AvgIpc) is 2.79. The highest BCUT2D eigenvalue weighted by Gasteiger charge is 2.29. The van der Waals surface area contributed by atoms with Gasteiger partial charge in [0.05, 0.1) is 10.9 Å². The second kappa shape index (κ2) is 5.04. The molecule has 0 saturated heterocycles. The fourth-order valence-electron chi connectivity index (χ4n) is 2.14. The summed E-state index contributed by atoms with van der Waals surface area (Å²) in [4.78, 5) is 11.2. The molecule has 1 atom stereocenters. The van der Waals surface area contributed by atoms with E-state index in [9.17, 15) is 9.90 Å². The smallest absolute Gasteiger partial charge is 0.312 e. The molecule has 5 nitrogen and oxygen atoms in total. The Labute approximate surface area is 109 Å². The Morgan fingerprint density at radius 3 is 2.78 bits per heavy atom. The summed E-state index contributed by atoms with van der Waals surface area (Å²) in [5.41, 5.74) is 6.92. The minimum atomic E-state index is -0.970. The fourth-order valence-corrected chi connectivity index (χ4v) is 2.39. The van der Waals surface area contributed by atoms with Crippen LogP contribution in [0.4, 0.5) is 0 Å². The summed E-state index contributed by atoms with van der Waals surface area (Å²) in [6, 6.07) is 1.61. The van der Waals surface area contributed by atoms with Gasteiger partial charge in [0.2, 0.25) is 6.79 Å². The van der Waals surface area contributed by atoms with Crippen LogP contribution in [-0.4, -0.2) is 24.4 Å². The summed E-state index contributed by atoms with van der Waals surface area (Å²) in [6.45, 7) is 2.04. The number of benzene rings is 1. The number of halogens is 1. The number of aliphatic carboxylic acids is 1. The van der Waals surface area contributed by atoms with E-state index in [-0.39, 0.29) is 13.3 Å². The molecule has 0 amide bonds. The van der Waals surface area contributed by atoms with Crippen molar-refractivity contribution in [2.75, 3.05) is 13.3 Å². The van der Waals surface area contributed by atoms with Crippen molar-refractivity contribution < 1.29 is 19.4 Å². The maximum atomic E-state index is 11.2. The van der Waals surface area contributed by atoms with Crippen molar-refractivity contribution in [3.8, 4) is 11.5 Å². The number of carbonyl (C=O) groups is 1. The van der Waals surface area contributed by atoms with Crippen LogP contribution in [0, 0.1) is 0 Å². The Morgan fingerprint density at radius 2 is 2.22 bits per heavy atom. The predicted octanol–water partition coefficient (Wildman–Crippen LogP) is 1.76. The van der Waals surface area contributed by atoms with Gasteiger partial charge in [0.25, 0.3) is 0 Å². The number of hydrogen-bond donors (Lipinski definition) is 2. The van der Waals surface area contributed by atoms with Gasteiger partial charge in [-0.15, -0.1) is 0 Å². The van der Waals surface area contributed by atoms with E-state index in [4.69, 9.17) is 26.8 Å². The summed E-state index contributed by atoms with van der Waals surface area (Å²) >= 11 is 6.07. The van der Waals surface area contributed by atoms with Gasteiger partial charge in [-0.25, -0.2) is 0 Å². The van der Waals surface area contributed by atoms with Crippen molar-refractivity contribution >= 4 is 17.6 Å². The molecule has 0 radical (unpaired) electrons. The zero-order valence-corrected chi connectivity index (χ0v) is 10.7. The molecule has 18 heavy (non-hydrogen) atoms. The first kappa shape index (κ1) is 13.0. The predicted molar refractivity (Wildman–Crippen MR) is 66.4 cm³/mol. The third-order valence-electron chi connectivity index (χ3n) is 3.00. The molecule has 98 valence electrons. The number of hydrogen-bond acceptors (Lipinski definition) is 4. The van der Waals surface area contributed by atoms with E-state index >= 15 is 0 Å². The maximum Gasteiger partial charge on any atom is 0.312 e. The molecular weight excluding hydrogens is 258 g/mol.